The quantitative estimate of drug-likeness (QED) is 0.906. The molecule has 0 atom stereocenters. The molecule has 2 rings (SSSR count). The van der Waals surface area contributed by atoms with Crippen LogP contribution in [0.4, 0.5) is 0 Å². The van der Waals surface area contributed by atoms with Crippen molar-refractivity contribution < 1.29 is 4.74 Å². The molecular weight excluding hydrogens is 242 g/mol. The summed E-state index contributed by atoms with van der Waals surface area (Å²) in [6.45, 7) is 1.02. The Hall–Kier alpha value is -1.03. The zero-order chi connectivity index (χ0) is 11.4. The molecule has 1 heterocycles. The van der Waals surface area contributed by atoms with Crippen LogP contribution in [0.1, 0.15) is 10.4 Å². The second-order valence-corrected chi connectivity index (χ2v) is 4.79. The van der Waals surface area contributed by atoms with Gasteiger partial charge in [-0.25, -0.2) is 0 Å². The molecular formula is C12H12ClNOS. The van der Waals surface area contributed by atoms with Crippen LogP contribution in [0.15, 0.2) is 35.7 Å². The maximum absolute atomic E-state index is 5.92. The number of hydrogen-bond donors (Lipinski definition) is 1. The molecule has 4 heteroatoms. The van der Waals surface area contributed by atoms with Crippen molar-refractivity contribution in [2.75, 3.05) is 0 Å². The third-order valence-corrected chi connectivity index (χ3v) is 3.28. The van der Waals surface area contributed by atoms with E-state index < -0.39 is 0 Å². The topological polar surface area (TPSA) is 35.2 Å². The molecule has 2 nitrogen and oxygen atoms in total. The Morgan fingerprint density at radius 3 is 2.88 bits per heavy atom. The first-order valence-electron chi connectivity index (χ1n) is 4.93. The summed E-state index contributed by atoms with van der Waals surface area (Å²) >= 11 is 7.59. The summed E-state index contributed by atoms with van der Waals surface area (Å²) in [4.78, 5) is 1.18. The van der Waals surface area contributed by atoms with Gasteiger partial charge in [0.1, 0.15) is 12.4 Å². The summed E-state index contributed by atoms with van der Waals surface area (Å²) in [7, 11) is 0. The van der Waals surface area contributed by atoms with Crippen LogP contribution in [-0.2, 0) is 13.2 Å². The van der Waals surface area contributed by atoms with Gasteiger partial charge in [-0.15, -0.1) is 11.3 Å². The third-order valence-electron chi connectivity index (χ3n) is 2.20. The highest BCUT2D eigenvalue weighted by Gasteiger charge is 2.04. The number of benzene rings is 1. The van der Waals surface area contributed by atoms with E-state index in [1.54, 1.807) is 17.4 Å². The minimum Gasteiger partial charge on any atom is -0.488 e. The molecule has 0 aliphatic rings. The lowest BCUT2D eigenvalue weighted by molar-refractivity contribution is 0.306. The van der Waals surface area contributed by atoms with Crippen molar-refractivity contribution in [1.29, 1.82) is 0 Å². The number of nitrogens with two attached hydrogens (primary N) is 1. The van der Waals surface area contributed by atoms with Gasteiger partial charge in [-0.3, -0.25) is 0 Å². The van der Waals surface area contributed by atoms with Gasteiger partial charge in [-0.05, 0) is 23.6 Å². The predicted octanol–water partition coefficient (Wildman–Crippen LogP) is 3.44. The smallest absolute Gasteiger partial charge is 0.125 e. The van der Waals surface area contributed by atoms with E-state index in [1.807, 2.05) is 29.6 Å². The Morgan fingerprint density at radius 1 is 1.31 bits per heavy atom. The molecule has 1 aromatic carbocycles. The Bertz CT molecular complexity index is 456. The molecule has 0 unspecified atom stereocenters. The number of rotatable bonds is 4. The van der Waals surface area contributed by atoms with Crippen molar-refractivity contribution >= 4 is 22.9 Å². The van der Waals surface area contributed by atoms with Gasteiger partial charge in [0.2, 0.25) is 0 Å². The third kappa shape index (κ3) is 2.76. The van der Waals surface area contributed by atoms with Gasteiger partial charge in [0.05, 0.1) is 0 Å². The molecule has 0 amide bonds. The lowest BCUT2D eigenvalue weighted by atomic mass is 10.2. The maximum Gasteiger partial charge on any atom is 0.125 e. The average Bonchev–Trinajstić information content (AvgIpc) is 2.79. The van der Waals surface area contributed by atoms with E-state index in [2.05, 4.69) is 0 Å². The lowest BCUT2D eigenvalue weighted by Gasteiger charge is -2.09. The second-order valence-electron chi connectivity index (χ2n) is 3.32. The van der Waals surface area contributed by atoms with Gasteiger partial charge in [0.15, 0.2) is 0 Å². The highest BCUT2D eigenvalue weighted by molar-refractivity contribution is 7.09. The van der Waals surface area contributed by atoms with E-state index >= 15 is 0 Å². The second kappa shape index (κ2) is 5.34. The van der Waals surface area contributed by atoms with Crippen molar-refractivity contribution in [3.05, 3.63) is 51.2 Å². The summed E-state index contributed by atoms with van der Waals surface area (Å²) < 4.78 is 5.70. The van der Waals surface area contributed by atoms with Gasteiger partial charge in [-0.1, -0.05) is 23.7 Å². The van der Waals surface area contributed by atoms with E-state index in [1.165, 1.54) is 4.88 Å². The molecule has 0 fully saturated rings. The summed E-state index contributed by atoms with van der Waals surface area (Å²) in [5, 5.41) is 2.69. The van der Waals surface area contributed by atoms with Crippen LogP contribution in [0.5, 0.6) is 5.75 Å². The fraction of sp³-hybridized carbons (Fsp3) is 0.167. The first-order chi connectivity index (χ1) is 7.79. The van der Waals surface area contributed by atoms with Crippen LogP contribution < -0.4 is 10.5 Å². The summed E-state index contributed by atoms with van der Waals surface area (Å²) in [6.07, 6.45) is 0. The van der Waals surface area contributed by atoms with Crippen LogP contribution in [0.25, 0.3) is 0 Å². The van der Waals surface area contributed by atoms with E-state index in [0.717, 1.165) is 11.3 Å². The Balaban J connectivity index is 2.11. The lowest BCUT2D eigenvalue weighted by Crippen LogP contribution is -2.01. The highest BCUT2D eigenvalue weighted by atomic mass is 35.5. The minimum absolute atomic E-state index is 0.455. The van der Waals surface area contributed by atoms with Crippen LogP contribution in [-0.4, -0.2) is 0 Å². The van der Waals surface area contributed by atoms with Crippen LogP contribution in [0.2, 0.25) is 5.02 Å². The Kier molecular flexibility index (Phi) is 3.83. The molecule has 2 N–H and O–H groups in total. The summed E-state index contributed by atoms with van der Waals surface area (Å²) in [6, 6.07) is 9.56. The van der Waals surface area contributed by atoms with Crippen molar-refractivity contribution in [3.8, 4) is 5.75 Å². The summed E-state index contributed by atoms with van der Waals surface area (Å²) in [5.74, 6) is 0.767. The number of halogens is 1. The highest BCUT2D eigenvalue weighted by Crippen LogP contribution is 2.24. The first kappa shape index (κ1) is 11.5. The van der Waals surface area contributed by atoms with Gasteiger partial charge < -0.3 is 10.5 Å². The zero-order valence-corrected chi connectivity index (χ0v) is 10.2. The van der Waals surface area contributed by atoms with Crippen molar-refractivity contribution in [3.63, 3.8) is 0 Å². The first-order valence-corrected chi connectivity index (χ1v) is 6.19. The van der Waals surface area contributed by atoms with E-state index in [9.17, 15) is 0 Å². The van der Waals surface area contributed by atoms with Crippen LogP contribution >= 0.6 is 22.9 Å². The molecule has 0 radical (unpaired) electrons. The van der Waals surface area contributed by atoms with Gasteiger partial charge in [0, 0.05) is 22.0 Å². The molecule has 84 valence electrons. The van der Waals surface area contributed by atoms with Gasteiger partial charge >= 0.3 is 0 Å². The number of ether oxygens (including phenoxy) is 1. The molecule has 16 heavy (non-hydrogen) atoms. The molecule has 0 spiro atoms. The summed E-state index contributed by atoms with van der Waals surface area (Å²) in [5.41, 5.74) is 6.60. The van der Waals surface area contributed by atoms with Gasteiger partial charge in [-0.2, -0.15) is 0 Å². The Morgan fingerprint density at radius 2 is 2.19 bits per heavy atom. The Labute approximate surface area is 104 Å². The molecule has 0 saturated carbocycles. The molecule has 1 aromatic heterocycles. The molecule has 0 aliphatic heterocycles. The standard InChI is InChI=1S/C12H12ClNOS/c13-10-4-3-9(7-14)12(6-10)15-8-11-2-1-5-16-11/h1-6H,7-8,14H2. The number of thiophene rings is 1. The molecule has 0 saturated heterocycles. The van der Waals surface area contributed by atoms with Gasteiger partial charge in [0.25, 0.3) is 0 Å². The fourth-order valence-corrected chi connectivity index (χ4v) is 2.15. The molecule has 0 aliphatic carbocycles. The van der Waals surface area contributed by atoms with E-state index in [4.69, 9.17) is 22.1 Å². The fourth-order valence-electron chi connectivity index (χ4n) is 1.37. The average molecular weight is 254 g/mol. The monoisotopic (exact) mass is 253 g/mol. The van der Waals surface area contributed by atoms with Crippen LogP contribution in [0.3, 0.4) is 0 Å². The molecule has 0 bridgehead atoms. The van der Waals surface area contributed by atoms with Crippen molar-refractivity contribution in [2.24, 2.45) is 5.73 Å². The maximum atomic E-state index is 5.92. The van der Waals surface area contributed by atoms with Crippen molar-refractivity contribution in [2.45, 2.75) is 13.2 Å². The minimum atomic E-state index is 0.455. The number of hydrogen-bond acceptors (Lipinski definition) is 3. The van der Waals surface area contributed by atoms with Crippen molar-refractivity contribution in [1.82, 2.24) is 0 Å². The van der Waals surface area contributed by atoms with E-state index in [-0.39, 0.29) is 0 Å². The predicted molar refractivity (Wildman–Crippen MR) is 68.0 cm³/mol. The SMILES string of the molecule is NCc1ccc(Cl)cc1OCc1cccs1. The zero-order valence-electron chi connectivity index (χ0n) is 8.65. The van der Waals surface area contributed by atoms with Crippen LogP contribution in [0, 0.1) is 0 Å². The van der Waals surface area contributed by atoms with E-state index in [0.29, 0.717) is 18.2 Å². The molecule has 2 aromatic rings. The largest absolute Gasteiger partial charge is 0.488 e. The normalized spacial score (nSPS) is 10.4.